The Morgan fingerprint density at radius 1 is 0.691 bits per heavy atom. The largest absolute Gasteiger partial charge is 0.491 e. The maximum atomic E-state index is 15.8. The first-order valence-corrected chi connectivity index (χ1v) is 45.4. The smallest absolute Gasteiger partial charge is 0.407 e. The van der Waals surface area contributed by atoms with Gasteiger partial charge in [-0.05, 0) is 187 Å². The minimum atomic E-state index is -4.18. The zero-order chi connectivity index (χ0) is 88.5. The Hall–Kier alpha value is -7.96. The van der Waals surface area contributed by atoms with Gasteiger partial charge in [-0.15, -0.1) is 0 Å². The molecule has 123 heavy (non-hydrogen) atoms. The van der Waals surface area contributed by atoms with E-state index in [1.54, 1.807) is 19.4 Å². The summed E-state index contributed by atoms with van der Waals surface area (Å²) in [5, 5.41) is 28.3. The second-order valence-electron chi connectivity index (χ2n) is 32.5. The number of hydrogen-bond donors (Lipinski definition) is 5. The Bertz CT molecular complexity index is 4070. The van der Waals surface area contributed by atoms with Gasteiger partial charge in [0.2, 0.25) is 11.7 Å². The summed E-state index contributed by atoms with van der Waals surface area (Å²) in [7, 11) is -2.60. The molecule has 684 valence electrons. The van der Waals surface area contributed by atoms with Crippen molar-refractivity contribution in [2.45, 2.75) is 211 Å². The van der Waals surface area contributed by atoms with Crippen LogP contribution in [-0.4, -0.2) is 268 Å². The number of piperidine rings is 1. The van der Waals surface area contributed by atoms with E-state index in [0.717, 1.165) is 47.6 Å². The number of hydrogen-bond acceptors (Lipinski definition) is 26. The van der Waals surface area contributed by atoms with Gasteiger partial charge in [0.05, 0.1) is 136 Å². The first-order chi connectivity index (χ1) is 59.2. The Morgan fingerprint density at radius 2 is 1.34 bits per heavy atom. The van der Waals surface area contributed by atoms with Crippen molar-refractivity contribution >= 4 is 57.0 Å². The number of anilines is 1. The number of nitrogens with one attached hydrogen (secondary N) is 2. The molecule has 0 spiro atoms. The molecule has 1 saturated carbocycles. The molecule has 32 heteroatoms. The normalized spacial score (nSPS) is 25.3. The average Bonchev–Trinajstić information content (AvgIpc) is 1.37. The zero-order valence-corrected chi connectivity index (χ0v) is 73.7. The maximum absolute atomic E-state index is 15.8. The molecule has 2 bridgehead atoms. The van der Waals surface area contributed by atoms with Crippen molar-refractivity contribution in [2.24, 2.45) is 23.7 Å². The van der Waals surface area contributed by atoms with E-state index in [2.05, 4.69) is 22.5 Å². The molecule has 0 radical (unpaired) electrons. The van der Waals surface area contributed by atoms with Crippen LogP contribution in [0.5, 0.6) is 5.75 Å². The van der Waals surface area contributed by atoms with Crippen molar-refractivity contribution in [3.63, 3.8) is 0 Å². The number of rotatable bonds is 38. The van der Waals surface area contributed by atoms with Crippen LogP contribution < -0.4 is 21.1 Å². The highest BCUT2D eigenvalue weighted by atomic mass is 32.2. The van der Waals surface area contributed by atoms with Crippen LogP contribution in [0.4, 0.5) is 15.0 Å². The predicted molar refractivity (Wildman–Crippen MR) is 457 cm³/mol. The molecule has 3 fully saturated rings. The third kappa shape index (κ3) is 34.4. The Kier molecular flexibility index (Phi) is 43.7. The number of methoxy groups -OCH3 is 1. The molecule has 4 amide bonds. The molecule has 2 saturated heterocycles. The number of nitrogens with two attached hydrogens (primary N) is 1. The second-order valence-corrected chi connectivity index (χ2v) is 34.6. The number of nitrogens with zero attached hydrogens (tertiary/aromatic N) is 3. The number of fused-ring (bicyclic) bond motifs is 4. The van der Waals surface area contributed by atoms with Gasteiger partial charge >= 0.3 is 12.1 Å². The number of aliphatic hydroxyl groups excluding tert-OH is 1. The highest BCUT2D eigenvalue weighted by Crippen LogP contribution is 2.37. The van der Waals surface area contributed by atoms with Crippen molar-refractivity contribution in [2.75, 3.05) is 157 Å². The van der Waals surface area contributed by atoms with Crippen LogP contribution in [0, 0.1) is 36.4 Å². The molecule has 9 atom stereocenters. The monoisotopic (exact) mass is 1740 g/mol. The van der Waals surface area contributed by atoms with Gasteiger partial charge in [0, 0.05) is 87.8 Å². The van der Waals surface area contributed by atoms with Crippen LogP contribution in [0.25, 0.3) is 11.1 Å². The van der Waals surface area contributed by atoms with Crippen LogP contribution in [0.1, 0.15) is 172 Å². The van der Waals surface area contributed by atoms with E-state index in [1.165, 1.54) is 22.8 Å². The van der Waals surface area contributed by atoms with Crippen molar-refractivity contribution in [1.82, 2.24) is 25.4 Å². The number of carbonyl (C=O) groups is 7. The van der Waals surface area contributed by atoms with Gasteiger partial charge in [-0.3, -0.25) is 24.0 Å². The number of aromatic nitrogens is 1. The van der Waals surface area contributed by atoms with Gasteiger partial charge in [0.25, 0.3) is 17.6 Å². The summed E-state index contributed by atoms with van der Waals surface area (Å²) in [5.74, 6) is -6.50. The number of cyclic esters (lactones) is 1. The lowest BCUT2D eigenvalue weighted by Gasteiger charge is -2.39. The number of halogens is 1. The molecule has 8 rings (SSSR count). The van der Waals surface area contributed by atoms with E-state index < -0.39 is 98.1 Å². The SMILES string of the molecule is CO[C@H]1CC2CCC[C@@](O)(O2)C(=O)C(=O)N2CCCC[C@H]2C(=O)O[C@H](CC[C@H]2CC[C@H](OC(=O)NCCOCCOCCOCCOCCOCCOCCOCCOCCC(=O)NCCS(=O)(=O)c3ccc(C(=O)N4CCOc5ccc(-c6ccc(N)nc6)cc5C4)c(C)c3F)CC2)CC[C@H](C)/C=C(\C)[C@@H](O)CC(=O)[C@H](C)C[C@H](C)/C=C/C=C/C=C/1C. The van der Waals surface area contributed by atoms with Crippen LogP contribution >= 0.6 is 0 Å². The lowest BCUT2D eigenvalue weighted by Crippen LogP contribution is -2.58. The van der Waals surface area contributed by atoms with Gasteiger partial charge in [-0.2, -0.15) is 0 Å². The average molecular weight is 1750 g/mol. The molecule has 4 aliphatic heterocycles. The number of allylic oxidation sites excluding steroid dienone is 6. The topological polar surface area (TPSA) is 384 Å². The van der Waals surface area contributed by atoms with Gasteiger partial charge in [0.1, 0.15) is 52.9 Å². The minimum Gasteiger partial charge on any atom is -0.491 e. The molecule has 1 unspecified atom stereocenters. The van der Waals surface area contributed by atoms with E-state index in [9.17, 15) is 52.2 Å². The summed E-state index contributed by atoms with van der Waals surface area (Å²) in [6.07, 6.45) is 18.7. The third-order valence-electron chi connectivity index (χ3n) is 22.9. The molecular weight excluding hydrogens is 1610 g/mol. The quantitative estimate of drug-likeness (QED) is 0.0154. The highest BCUT2D eigenvalue weighted by Gasteiger charge is 2.49. The Morgan fingerprint density at radius 3 is 1.99 bits per heavy atom. The summed E-state index contributed by atoms with van der Waals surface area (Å²) in [6, 6.07) is 10.5. The number of alkyl carbamates (subject to hydrolysis) is 1. The molecule has 6 N–H and O–H groups in total. The number of esters is 1. The maximum Gasteiger partial charge on any atom is 0.407 e. The van der Waals surface area contributed by atoms with Crippen molar-refractivity contribution < 1.29 is 118 Å². The minimum absolute atomic E-state index is 0.00347. The standard InChI is InChI=1S/C91H133FN6O24S/c1-63-14-9-8-10-15-65(3)81(110-7)59-75-16-13-33-91(107,122-75)86(102)88(104)98-36-12-11-17-77(98)89(105)120-73(24-18-64(2)57-67(5)79(100)60-78(99)66(4)56-63)25-19-69-20-26-74(27-21-69)121-90(106)95-34-39-112-42-44-114-46-48-116-50-52-118-54-53-117-51-49-115-47-45-113-43-41-111-38-32-84(101)94-35-55-123(108,109)82-30-28-76(68(6)85(82)92)87(103)97-37-40-119-80-29-22-70(58-72(80)62-97)71-23-31-83(93)96-61-71/h8-10,14-15,22-23,28-31,57-58,61,63-64,66,69,73-75,77,79,81,100,107H,11-13,16-21,24-27,32-56,59-60,62H2,1-7H3,(H2,93,96)(H,94,101)(H,95,106)/b10-8+,14-9+,65-15+,67-57+/t63-,64+,66-,69-,73+,74-,75?,77+,79+,81+,91-/m1/s1. The fourth-order valence-electron chi connectivity index (χ4n) is 15.6. The molecule has 1 aliphatic carbocycles. The molecule has 5 aliphatic rings. The molecule has 1 aromatic heterocycles. The number of pyridine rings is 1. The molecule has 5 heterocycles. The van der Waals surface area contributed by atoms with E-state index >= 15 is 4.39 Å². The zero-order valence-electron chi connectivity index (χ0n) is 72.9. The highest BCUT2D eigenvalue weighted by molar-refractivity contribution is 7.91. The van der Waals surface area contributed by atoms with Crippen LogP contribution in [-0.2, 0) is 97.2 Å². The van der Waals surface area contributed by atoms with Crippen LogP contribution in [0.15, 0.2) is 101 Å². The summed E-state index contributed by atoms with van der Waals surface area (Å²) < 4.78 is 117. The number of benzene rings is 2. The fraction of sp³-hybridized carbons (Fsp3) is 0.648. The van der Waals surface area contributed by atoms with Gasteiger partial charge < -0.3 is 98.0 Å². The fourth-order valence-corrected chi connectivity index (χ4v) is 16.9. The van der Waals surface area contributed by atoms with E-state index in [4.69, 9.17) is 67.3 Å². The summed E-state index contributed by atoms with van der Waals surface area (Å²) in [5.41, 5.74) is 9.67. The first kappa shape index (κ1) is 100. The number of ketones is 2. The molecule has 3 aromatic rings. The van der Waals surface area contributed by atoms with Gasteiger partial charge in [-0.1, -0.05) is 63.3 Å². The van der Waals surface area contributed by atoms with Crippen LogP contribution in [0.2, 0.25) is 0 Å². The van der Waals surface area contributed by atoms with E-state index in [-0.39, 0.29) is 132 Å². The Labute approximate surface area is 724 Å². The van der Waals surface area contributed by atoms with Crippen molar-refractivity contribution in [3.05, 3.63) is 119 Å². The summed E-state index contributed by atoms with van der Waals surface area (Å²) in [6.45, 7) is 17.0. The van der Waals surface area contributed by atoms with E-state index in [1.807, 2.05) is 88.4 Å². The number of Topliss-reactive ketones (excluding diaryl/α,β-unsaturated/α-hetero) is 2. The van der Waals surface area contributed by atoms with Gasteiger partial charge in [-0.25, -0.2) is 27.4 Å². The number of carbonyl (C=O) groups excluding carboxylic acids is 7. The number of nitrogen functional groups attached to an aromatic ring is 1. The molecule has 30 nitrogen and oxygen atoms in total. The predicted octanol–water partition coefficient (Wildman–Crippen LogP) is 10.2. The lowest BCUT2D eigenvalue weighted by atomic mass is 9.83. The summed E-state index contributed by atoms with van der Waals surface area (Å²) >= 11 is 0. The van der Waals surface area contributed by atoms with Crippen molar-refractivity contribution in [3.8, 4) is 16.9 Å². The second kappa shape index (κ2) is 53.5. The van der Waals surface area contributed by atoms with Crippen molar-refractivity contribution in [1.29, 1.82) is 0 Å². The number of amides is 4. The third-order valence-corrected chi connectivity index (χ3v) is 24.6. The van der Waals surface area contributed by atoms with E-state index in [0.29, 0.717) is 173 Å². The summed E-state index contributed by atoms with van der Waals surface area (Å²) in [4.78, 5) is 102. The van der Waals surface area contributed by atoms with Gasteiger partial charge in [0.15, 0.2) is 9.84 Å². The first-order valence-electron chi connectivity index (χ1n) is 43.7. The molecular formula is C91H133FN6O24S. The Balaban J connectivity index is 0.606. The van der Waals surface area contributed by atoms with Crippen LogP contribution in [0.3, 0.4) is 0 Å². The number of aliphatic hydroxyl groups is 2. The number of ether oxygens (including phenoxy) is 13. The number of sulfone groups is 1. The molecule has 2 aromatic carbocycles. The lowest BCUT2D eigenvalue weighted by molar-refractivity contribution is -0.245.